The van der Waals surface area contributed by atoms with Crippen LogP contribution in [0.4, 0.5) is 4.39 Å². The molecule has 1 fully saturated rings. The Labute approximate surface area is 191 Å². The summed E-state index contributed by atoms with van der Waals surface area (Å²) in [7, 11) is 0. The summed E-state index contributed by atoms with van der Waals surface area (Å²) in [5, 5.41) is 3.60. The normalized spacial score (nSPS) is 13.4. The lowest BCUT2D eigenvalue weighted by atomic mass is 10.1. The van der Waals surface area contributed by atoms with E-state index in [4.69, 9.17) is 0 Å². The average molecular weight is 450 g/mol. The van der Waals surface area contributed by atoms with E-state index in [1.807, 2.05) is 29.2 Å². The van der Waals surface area contributed by atoms with Crippen molar-refractivity contribution in [1.82, 2.24) is 15.2 Å². The summed E-state index contributed by atoms with van der Waals surface area (Å²) in [6, 6.07) is 17.7. The number of carbonyl (C=O) groups excluding carboxylic acids is 2. The van der Waals surface area contributed by atoms with E-state index < -0.39 is 0 Å². The van der Waals surface area contributed by atoms with E-state index >= 15 is 0 Å². The zero-order chi connectivity index (χ0) is 22.3. The monoisotopic (exact) mass is 449 g/mol. The minimum Gasteiger partial charge on any atom is -0.348 e. The molecule has 1 aliphatic heterocycles. The van der Waals surface area contributed by atoms with Gasteiger partial charge in [-0.05, 0) is 47.4 Å². The first-order valence-corrected chi connectivity index (χ1v) is 11.5. The Hall–Kier alpha value is -3.19. The van der Waals surface area contributed by atoms with Gasteiger partial charge in [0.2, 0.25) is 5.91 Å². The van der Waals surface area contributed by atoms with Gasteiger partial charge in [0.25, 0.3) is 5.91 Å². The molecular formula is C25H24FN3O2S. The molecule has 3 aromatic rings. The van der Waals surface area contributed by atoms with E-state index in [0.29, 0.717) is 35.9 Å². The molecule has 5 nitrogen and oxygen atoms in total. The third kappa shape index (κ3) is 5.73. The number of rotatable bonds is 8. The zero-order valence-corrected chi connectivity index (χ0v) is 18.4. The maximum absolute atomic E-state index is 13.1. The second-order valence-electron chi connectivity index (χ2n) is 7.69. The van der Waals surface area contributed by atoms with Crippen molar-refractivity contribution in [2.75, 3.05) is 6.54 Å². The number of nitrogens with one attached hydrogen (secondary N) is 1. The summed E-state index contributed by atoms with van der Waals surface area (Å²) in [5.41, 5.74) is 3.51. The number of hydrogen-bond acceptors (Lipinski definition) is 4. The Morgan fingerprint density at radius 2 is 1.88 bits per heavy atom. The molecule has 1 aliphatic rings. The van der Waals surface area contributed by atoms with Crippen molar-refractivity contribution in [1.29, 1.82) is 0 Å². The number of nitrogens with zero attached hydrogens (tertiary/aromatic N) is 2. The summed E-state index contributed by atoms with van der Waals surface area (Å²) in [5.74, 6) is 0.327. The van der Waals surface area contributed by atoms with E-state index in [-0.39, 0.29) is 17.6 Å². The van der Waals surface area contributed by atoms with Crippen LogP contribution in [0, 0.1) is 5.82 Å². The van der Waals surface area contributed by atoms with Gasteiger partial charge < -0.3 is 10.2 Å². The maximum atomic E-state index is 13.1. The number of hydrogen-bond donors (Lipinski definition) is 1. The number of carbonyl (C=O) groups is 2. The van der Waals surface area contributed by atoms with Gasteiger partial charge in [0.15, 0.2) is 0 Å². The third-order valence-corrected chi connectivity index (χ3v) is 6.37. The molecule has 0 aliphatic carbocycles. The van der Waals surface area contributed by atoms with Crippen LogP contribution >= 0.6 is 11.8 Å². The molecular weight excluding hydrogens is 425 g/mol. The number of halogens is 1. The first kappa shape index (κ1) is 22.0. The molecule has 1 aromatic heterocycles. The minimum atomic E-state index is -0.271. The Bertz CT molecular complexity index is 1100. The highest BCUT2D eigenvalue weighted by Gasteiger charge is 2.20. The molecule has 2 amide bonds. The Morgan fingerprint density at radius 3 is 2.66 bits per heavy atom. The molecule has 0 unspecified atom stereocenters. The predicted octanol–water partition coefficient (Wildman–Crippen LogP) is 4.57. The standard InChI is InChI=1S/C25H24FN3O2S/c26-21-10-8-18(9-11-21)17-32-25-22(6-2-12-27-25)24(31)28-15-19-4-1-5-20(14-19)16-29-13-3-7-23(29)30/h1-2,4-6,8-12,14H,3,7,13,15-17H2,(H,28,31). The van der Waals surface area contributed by atoms with Gasteiger partial charge in [-0.2, -0.15) is 0 Å². The summed E-state index contributed by atoms with van der Waals surface area (Å²) >= 11 is 1.44. The van der Waals surface area contributed by atoms with Gasteiger partial charge in [-0.3, -0.25) is 9.59 Å². The molecule has 0 atom stereocenters. The SMILES string of the molecule is O=C(NCc1cccc(CN2CCCC2=O)c1)c1cccnc1SCc1ccc(F)cc1. The lowest BCUT2D eigenvalue weighted by Gasteiger charge is -2.16. The largest absolute Gasteiger partial charge is 0.348 e. The molecule has 2 heterocycles. The Balaban J connectivity index is 1.36. The summed E-state index contributed by atoms with van der Waals surface area (Å²) in [6.45, 7) is 1.80. The Morgan fingerprint density at radius 1 is 1.06 bits per heavy atom. The van der Waals surface area contributed by atoms with Crippen LogP contribution in [0.5, 0.6) is 0 Å². The Kier molecular flexibility index (Phi) is 7.17. The van der Waals surface area contributed by atoms with Crippen molar-refractivity contribution < 1.29 is 14.0 Å². The number of thioether (sulfide) groups is 1. The van der Waals surface area contributed by atoms with Crippen LogP contribution in [-0.4, -0.2) is 28.2 Å². The lowest BCUT2D eigenvalue weighted by Crippen LogP contribution is -2.25. The highest BCUT2D eigenvalue weighted by atomic mass is 32.2. The first-order chi connectivity index (χ1) is 15.6. The van der Waals surface area contributed by atoms with Crippen LogP contribution in [0.3, 0.4) is 0 Å². The predicted molar refractivity (Wildman–Crippen MR) is 122 cm³/mol. The number of likely N-dealkylation sites (tertiary alicyclic amines) is 1. The molecule has 7 heteroatoms. The molecule has 1 saturated heterocycles. The summed E-state index contributed by atoms with van der Waals surface area (Å²) in [6.07, 6.45) is 3.20. The second-order valence-corrected chi connectivity index (χ2v) is 8.66. The van der Waals surface area contributed by atoms with Crippen LogP contribution in [0.15, 0.2) is 71.9 Å². The maximum Gasteiger partial charge on any atom is 0.254 e. The molecule has 0 bridgehead atoms. The quantitative estimate of drug-likeness (QED) is 0.512. The molecule has 1 N–H and O–H groups in total. The highest BCUT2D eigenvalue weighted by molar-refractivity contribution is 7.98. The van der Waals surface area contributed by atoms with Gasteiger partial charge in [-0.25, -0.2) is 9.37 Å². The van der Waals surface area contributed by atoms with Crippen LogP contribution < -0.4 is 5.32 Å². The van der Waals surface area contributed by atoms with E-state index in [1.54, 1.807) is 30.5 Å². The van der Waals surface area contributed by atoms with Crippen molar-refractivity contribution in [3.63, 3.8) is 0 Å². The van der Waals surface area contributed by atoms with Crippen molar-refractivity contribution >= 4 is 23.6 Å². The van der Waals surface area contributed by atoms with Crippen LogP contribution in [0.25, 0.3) is 0 Å². The van der Waals surface area contributed by atoms with Gasteiger partial charge in [0, 0.05) is 38.0 Å². The van der Waals surface area contributed by atoms with Crippen LogP contribution in [0.2, 0.25) is 0 Å². The lowest BCUT2D eigenvalue weighted by molar-refractivity contribution is -0.128. The summed E-state index contributed by atoms with van der Waals surface area (Å²) < 4.78 is 13.1. The average Bonchev–Trinajstić information content (AvgIpc) is 3.22. The van der Waals surface area contributed by atoms with Crippen LogP contribution in [-0.2, 0) is 23.6 Å². The van der Waals surface area contributed by atoms with E-state index in [1.165, 1.54) is 23.9 Å². The van der Waals surface area contributed by atoms with E-state index in [9.17, 15) is 14.0 Å². The third-order valence-electron chi connectivity index (χ3n) is 5.29. The second kappa shape index (κ2) is 10.4. The molecule has 4 rings (SSSR count). The van der Waals surface area contributed by atoms with Crippen LogP contribution in [0.1, 0.15) is 39.9 Å². The van der Waals surface area contributed by atoms with E-state index in [2.05, 4.69) is 10.3 Å². The van der Waals surface area contributed by atoms with Gasteiger partial charge >= 0.3 is 0 Å². The van der Waals surface area contributed by atoms with Crippen molar-refractivity contribution in [3.05, 3.63) is 94.9 Å². The minimum absolute atomic E-state index is 0.195. The number of amides is 2. The number of aromatic nitrogens is 1. The molecule has 164 valence electrons. The fourth-order valence-corrected chi connectivity index (χ4v) is 4.57. The molecule has 0 spiro atoms. The number of pyridine rings is 1. The molecule has 0 saturated carbocycles. The van der Waals surface area contributed by atoms with E-state index in [0.717, 1.165) is 29.7 Å². The molecule has 2 aromatic carbocycles. The summed E-state index contributed by atoms with van der Waals surface area (Å²) in [4.78, 5) is 30.9. The van der Waals surface area contributed by atoms with Gasteiger partial charge in [0.05, 0.1) is 5.56 Å². The van der Waals surface area contributed by atoms with Crippen molar-refractivity contribution in [2.24, 2.45) is 0 Å². The first-order valence-electron chi connectivity index (χ1n) is 10.5. The molecule has 32 heavy (non-hydrogen) atoms. The van der Waals surface area contributed by atoms with Crippen molar-refractivity contribution in [2.45, 2.75) is 36.7 Å². The number of benzene rings is 2. The fourth-order valence-electron chi connectivity index (χ4n) is 3.62. The smallest absolute Gasteiger partial charge is 0.254 e. The van der Waals surface area contributed by atoms with Crippen molar-refractivity contribution in [3.8, 4) is 0 Å². The van der Waals surface area contributed by atoms with Gasteiger partial charge in [0.1, 0.15) is 10.8 Å². The zero-order valence-electron chi connectivity index (χ0n) is 17.6. The molecule has 0 radical (unpaired) electrons. The highest BCUT2D eigenvalue weighted by Crippen LogP contribution is 2.24. The fraction of sp³-hybridized carbons (Fsp3) is 0.240. The van der Waals surface area contributed by atoms with Gasteiger partial charge in [-0.1, -0.05) is 36.4 Å². The topological polar surface area (TPSA) is 62.3 Å². The van der Waals surface area contributed by atoms with Gasteiger partial charge in [-0.15, -0.1) is 11.8 Å².